The standard InChI is InChI=1S/C12H16O2Te/c1-9-4-6-11(7-5-9)15-8-10(2)12(13)14-3/h4-7,10H,8H2,1-3H3. The van der Waals surface area contributed by atoms with Crippen LogP contribution >= 0.6 is 0 Å². The molecular formula is C12H16O2Te. The zero-order chi connectivity index (χ0) is 11.3. The monoisotopic (exact) mass is 322 g/mol. The van der Waals surface area contributed by atoms with Crippen LogP contribution < -0.4 is 3.61 Å². The summed E-state index contributed by atoms with van der Waals surface area (Å²) in [4.78, 5) is 11.2. The van der Waals surface area contributed by atoms with Crippen molar-refractivity contribution in [3.8, 4) is 0 Å². The van der Waals surface area contributed by atoms with Crippen LogP contribution in [0.2, 0.25) is 4.47 Å². The molecule has 0 aromatic heterocycles. The summed E-state index contributed by atoms with van der Waals surface area (Å²) >= 11 is -0.247. The molecule has 1 aromatic carbocycles. The zero-order valence-corrected chi connectivity index (χ0v) is 11.6. The second kappa shape index (κ2) is 6.15. The Morgan fingerprint density at radius 2 is 2.00 bits per heavy atom. The average molecular weight is 320 g/mol. The van der Waals surface area contributed by atoms with E-state index >= 15 is 0 Å². The van der Waals surface area contributed by atoms with Gasteiger partial charge in [-0.1, -0.05) is 0 Å². The topological polar surface area (TPSA) is 26.3 Å². The first-order valence-electron chi connectivity index (χ1n) is 4.90. The molecule has 82 valence electrons. The molecule has 0 aliphatic rings. The van der Waals surface area contributed by atoms with E-state index in [2.05, 4.69) is 31.2 Å². The fraction of sp³-hybridized carbons (Fsp3) is 0.417. The molecule has 0 aliphatic heterocycles. The Morgan fingerprint density at radius 3 is 2.53 bits per heavy atom. The van der Waals surface area contributed by atoms with Gasteiger partial charge in [-0.3, -0.25) is 0 Å². The predicted octanol–water partition coefficient (Wildman–Crippen LogP) is 1.55. The van der Waals surface area contributed by atoms with Crippen molar-refractivity contribution >= 4 is 30.5 Å². The summed E-state index contributed by atoms with van der Waals surface area (Å²) in [5.41, 5.74) is 1.28. The van der Waals surface area contributed by atoms with Crippen LogP contribution in [-0.4, -0.2) is 34.0 Å². The molecule has 0 amide bonds. The molecule has 0 bridgehead atoms. The predicted molar refractivity (Wildman–Crippen MR) is 62.6 cm³/mol. The molecule has 1 atom stereocenters. The second-order valence-electron chi connectivity index (χ2n) is 3.55. The Hall–Kier alpha value is -0.520. The van der Waals surface area contributed by atoms with Gasteiger partial charge in [0.2, 0.25) is 0 Å². The van der Waals surface area contributed by atoms with Gasteiger partial charge in [0.25, 0.3) is 0 Å². The van der Waals surface area contributed by atoms with Crippen molar-refractivity contribution in [1.82, 2.24) is 0 Å². The third-order valence-corrected chi connectivity index (χ3v) is 5.76. The summed E-state index contributed by atoms with van der Waals surface area (Å²) in [6, 6.07) is 8.59. The third-order valence-electron chi connectivity index (χ3n) is 2.12. The summed E-state index contributed by atoms with van der Waals surface area (Å²) in [5, 5.41) is 0. The number of aryl methyl sites for hydroxylation is 1. The molecule has 0 heterocycles. The van der Waals surface area contributed by atoms with Gasteiger partial charge in [-0.15, -0.1) is 0 Å². The molecule has 1 unspecified atom stereocenters. The maximum absolute atomic E-state index is 11.2. The Morgan fingerprint density at radius 1 is 1.40 bits per heavy atom. The van der Waals surface area contributed by atoms with E-state index in [0.29, 0.717) is 0 Å². The summed E-state index contributed by atoms with van der Waals surface area (Å²) < 4.78 is 7.08. The van der Waals surface area contributed by atoms with Crippen LogP contribution in [0.5, 0.6) is 0 Å². The number of esters is 1. The average Bonchev–Trinajstić information content (AvgIpc) is 2.26. The number of hydrogen-bond acceptors (Lipinski definition) is 2. The van der Waals surface area contributed by atoms with Crippen LogP contribution in [0.15, 0.2) is 24.3 Å². The van der Waals surface area contributed by atoms with Gasteiger partial charge in [0.05, 0.1) is 0 Å². The van der Waals surface area contributed by atoms with Gasteiger partial charge in [-0.05, 0) is 0 Å². The molecule has 0 saturated carbocycles. The minimum absolute atomic E-state index is 0.0405. The van der Waals surface area contributed by atoms with Crippen molar-refractivity contribution in [2.45, 2.75) is 18.3 Å². The van der Waals surface area contributed by atoms with E-state index in [9.17, 15) is 4.79 Å². The SMILES string of the molecule is COC(=O)C(C)C[Te]c1ccc(C)cc1. The number of rotatable bonds is 4. The Kier molecular flexibility index (Phi) is 5.14. The van der Waals surface area contributed by atoms with Gasteiger partial charge >= 0.3 is 101 Å². The molecule has 0 fully saturated rings. The van der Waals surface area contributed by atoms with E-state index in [-0.39, 0.29) is 32.8 Å². The minimum atomic E-state index is -0.247. The molecule has 0 radical (unpaired) electrons. The van der Waals surface area contributed by atoms with Crippen molar-refractivity contribution < 1.29 is 9.53 Å². The number of carbonyl (C=O) groups excluding carboxylic acids is 1. The summed E-state index contributed by atoms with van der Waals surface area (Å²) in [7, 11) is 1.45. The summed E-state index contributed by atoms with van der Waals surface area (Å²) in [6.07, 6.45) is 0. The van der Waals surface area contributed by atoms with Gasteiger partial charge in [0, 0.05) is 0 Å². The van der Waals surface area contributed by atoms with Crippen LogP contribution in [0.4, 0.5) is 0 Å². The maximum atomic E-state index is 11.2. The van der Waals surface area contributed by atoms with Crippen molar-refractivity contribution in [2.75, 3.05) is 7.11 Å². The summed E-state index contributed by atoms with van der Waals surface area (Å²) in [5.74, 6) is -0.0501. The van der Waals surface area contributed by atoms with E-state index in [4.69, 9.17) is 4.74 Å². The molecule has 15 heavy (non-hydrogen) atoms. The third kappa shape index (κ3) is 4.24. The molecule has 0 aliphatic carbocycles. The van der Waals surface area contributed by atoms with E-state index < -0.39 is 0 Å². The fourth-order valence-electron chi connectivity index (χ4n) is 1.12. The Balaban J connectivity index is 2.43. The van der Waals surface area contributed by atoms with E-state index in [1.807, 2.05) is 6.92 Å². The first-order chi connectivity index (χ1) is 7.13. The number of methoxy groups -OCH3 is 1. The van der Waals surface area contributed by atoms with E-state index in [0.717, 1.165) is 4.47 Å². The van der Waals surface area contributed by atoms with Crippen molar-refractivity contribution in [3.63, 3.8) is 0 Å². The van der Waals surface area contributed by atoms with Crippen molar-refractivity contribution in [1.29, 1.82) is 0 Å². The quantitative estimate of drug-likeness (QED) is 0.622. The van der Waals surface area contributed by atoms with Crippen molar-refractivity contribution in [3.05, 3.63) is 29.8 Å². The van der Waals surface area contributed by atoms with Gasteiger partial charge < -0.3 is 0 Å². The van der Waals surface area contributed by atoms with Gasteiger partial charge in [0.15, 0.2) is 0 Å². The second-order valence-corrected chi connectivity index (χ2v) is 6.67. The number of ether oxygens (including phenoxy) is 1. The molecular weight excluding hydrogens is 304 g/mol. The van der Waals surface area contributed by atoms with E-state index in [1.54, 1.807) is 0 Å². The zero-order valence-electron chi connectivity index (χ0n) is 9.32. The fourth-order valence-corrected chi connectivity index (χ4v) is 3.71. The van der Waals surface area contributed by atoms with E-state index in [1.165, 1.54) is 16.3 Å². The van der Waals surface area contributed by atoms with Crippen LogP contribution in [0.3, 0.4) is 0 Å². The number of benzene rings is 1. The molecule has 1 aromatic rings. The van der Waals surface area contributed by atoms with Gasteiger partial charge in [-0.2, -0.15) is 0 Å². The van der Waals surface area contributed by atoms with Crippen LogP contribution in [0.1, 0.15) is 12.5 Å². The Bertz CT molecular complexity index is 319. The number of hydrogen-bond donors (Lipinski definition) is 0. The Labute approximate surface area is 101 Å². The van der Waals surface area contributed by atoms with Crippen LogP contribution in [0.25, 0.3) is 0 Å². The summed E-state index contributed by atoms with van der Waals surface area (Å²) in [6.45, 7) is 4.02. The van der Waals surface area contributed by atoms with Crippen LogP contribution in [-0.2, 0) is 9.53 Å². The molecule has 1 rings (SSSR count). The van der Waals surface area contributed by atoms with Gasteiger partial charge in [0.1, 0.15) is 0 Å². The van der Waals surface area contributed by atoms with Crippen LogP contribution in [0, 0.1) is 12.8 Å². The normalized spacial score (nSPS) is 12.2. The molecule has 3 heteroatoms. The number of carbonyl (C=O) groups is 1. The first kappa shape index (κ1) is 12.5. The van der Waals surface area contributed by atoms with Gasteiger partial charge in [-0.25, -0.2) is 0 Å². The first-order valence-corrected chi connectivity index (χ1v) is 7.72. The molecule has 2 nitrogen and oxygen atoms in total. The van der Waals surface area contributed by atoms with Crippen molar-refractivity contribution in [2.24, 2.45) is 5.92 Å². The molecule has 0 saturated heterocycles. The molecule has 0 spiro atoms. The molecule has 0 N–H and O–H groups in total.